The van der Waals surface area contributed by atoms with Crippen molar-refractivity contribution >= 4 is 23.0 Å². The van der Waals surface area contributed by atoms with Crippen LogP contribution in [-0.2, 0) is 19.0 Å². The van der Waals surface area contributed by atoms with Crippen molar-refractivity contribution in [2.24, 2.45) is 5.73 Å². The van der Waals surface area contributed by atoms with Crippen LogP contribution in [0.25, 0.3) is 0 Å². The summed E-state index contributed by atoms with van der Waals surface area (Å²) < 4.78 is 21.9. The zero-order valence-corrected chi connectivity index (χ0v) is 19.1. The molecule has 0 aliphatic carbocycles. The number of esters is 1. The Morgan fingerprint density at radius 1 is 0.882 bits per heavy atom. The Hall–Kier alpha value is -3.97. The van der Waals surface area contributed by atoms with Gasteiger partial charge in [-0.05, 0) is 55.5 Å². The molecule has 1 aliphatic heterocycles. The molecular weight excluding hydrogens is 432 g/mol. The molecule has 0 amide bonds. The summed E-state index contributed by atoms with van der Waals surface area (Å²) in [5.41, 5.74) is 8.63. The monoisotopic (exact) mass is 460 g/mol. The number of anilines is 3. The summed E-state index contributed by atoms with van der Waals surface area (Å²) in [4.78, 5) is 13.6. The van der Waals surface area contributed by atoms with E-state index < -0.39 is 12.0 Å². The molecule has 176 valence electrons. The third-order valence-electron chi connectivity index (χ3n) is 5.07. The van der Waals surface area contributed by atoms with Gasteiger partial charge in [-0.25, -0.2) is 0 Å². The second kappa shape index (κ2) is 11.2. The topological polar surface area (TPSA) is 86.6 Å². The van der Waals surface area contributed by atoms with Crippen molar-refractivity contribution < 1.29 is 23.7 Å². The van der Waals surface area contributed by atoms with Gasteiger partial charge in [0.1, 0.15) is 38.2 Å². The molecule has 1 fully saturated rings. The van der Waals surface area contributed by atoms with E-state index in [0.717, 1.165) is 22.8 Å². The molecular formula is C27H28N2O5. The third-order valence-corrected chi connectivity index (χ3v) is 5.07. The molecule has 3 aromatic carbocycles. The molecule has 34 heavy (non-hydrogen) atoms. The van der Waals surface area contributed by atoms with Crippen molar-refractivity contribution in [3.8, 4) is 5.75 Å². The van der Waals surface area contributed by atoms with E-state index in [0.29, 0.717) is 18.1 Å². The molecule has 1 saturated heterocycles. The van der Waals surface area contributed by atoms with Gasteiger partial charge < -0.3 is 29.6 Å². The molecule has 0 spiro atoms. The second-order valence-electron chi connectivity index (χ2n) is 7.73. The molecule has 1 unspecified atom stereocenters. The number of nitrogens with zero attached hydrogens (tertiary/aromatic N) is 1. The molecule has 3 aromatic rings. The fraction of sp³-hybridized carbons (Fsp3) is 0.222. The minimum atomic E-state index is -0.657. The lowest BCUT2D eigenvalue weighted by atomic mass is 10.2. The van der Waals surface area contributed by atoms with Gasteiger partial charge in [-0.15, -0.1) is 0 Å². The van der Waals surface area contributed by atoms with Crippen molar-refractivity contribution in [3.05, 3.63) is 96.4 Å². The molecule has 7 nitrogen and oxygen atoms in total. The van der Waals surface area contributed by atoms with Gasteiger partial charge in [-0.3, -0.25) is 4.79 Å². The van der Waals surface area contributed by atoms with E-state index in [9.17, 15) is 4.79 Å². The summed E-state index contributed by atoms with van der Waals surface area (Å²) in [5, 5.41) is 0. The average molecular weight is 461 g/mol. The highest BCUT2D eigenvalue weighted by Gasteiger charge is 2.22. The van der Waals surface area contributed by atoms with Gasteiger partial charge in [0.05, 0.1) is 0 Å². The summed E-state index contributed by atoms with van der Waals surface area (Å²) in [6.45, 7) is 2.62. The number of benzene rings is 3. The first-order valence-electron chi connectivity index (χ1n) is 11.1. The number of carbonyl (C=O) groups is 1. The Labute approximate surface area is 199 Å². The molecule has 0 saturated carbocycles. The lowest BCUT2D eigenvalue weighted by molar-refractivity contribution is -0.145. The molecule has 1 aliphatic rings. The highest BCUT2D eigenvalue weighted by molar-refractivity contribution is 5.76. The Morgan fingerprint density at radius 3 is 1.94 bits per heavy atom. The van der Waals surface area contributed by atoms with Crippen LogP contribution in [0.3, 0.4) is 0 Å². The lowest BCUT2D eigenvalue weighted by Crippen LogP contribution is -2.29. The Balaban J connectivity index is 1.38. The maximum absolute atomic E-state index is 11.4. The maximum Gasteiger partial charge on any atom is 0.322 e. The van der Waals surface area contributed by atoms with Crippen LogP contribution >= 0.6 is 0 Å². The molecule has 2 N–H and O–H groups in total. The van der Waals surface area contributed by atoms with E-state index in [1.165, 1.54) is 0 Å². The molecule has 7 heteroatoms. The van der Waals surface area contributed by atoms with Gasteiger partial charge in [0.2, 0.25) is 0 Å². The van der Waals surface area contributed by atoms with E-state index in [4.69, 9.17) is 24.7 Å². The fourth-order valence-electron chi connectivity index (χ4n) is 3.28. The summed E-state index contributed by atoms with van der Waals surface area (Å²) in [6, 6.07) is 27.6. The number of nitrogens with two attached hydrogens (primary N) is 1. The first kappa shape index (κ1) is 23.2. The summed E-state index contributed by atoms with van der Waals surface area (Å²) in [7, 11) is 0. The van der Waals surface area contributed by atoms with E-state index in [1.54, 1.807) is 6.92 Å². The lowest BCUT2D eigenvalue weighted by Gasteiger charge is -2.25. The zero-order chi connectivity index (χ0) is 23.8. The van der Waals surface area contributed by atoms with Crippen LogP contribution in [0.15, 0.2) is 96.4 Å². The summed E-state index contributed by atoms with van der Waals surface area (Å²) in [5.74, 6) is 1.58. The van der Waals surface area contributed by atoms with Crippen LogP contribution in [0.4, 0.5) is 17.1 Å². The van der Waals surface area contributed by atoms with Crippen LogP contribution in [0.2, 0.25) is 0 Å². The minimum absolute atomic E-state index is 0.112. The van der Waals surface area contributed by atoms with Crippen molar-refractivity contribution in [2.45, 2.75) is 13.0 Å². The van der Waals surface area contributed by atoms with Gasteiger partial charge in [0.25, 0.3) is 0 Å². The van der Waals surface area contributed by atoms with Gasteiger partial charge in [0.15, 0.2) is 11.5 Å². The minimum Gasteiger partial charge on any atom is -0.487 e. The first-order valence-corrected chi connectivity index (χ1v) is 11.1. The molecule has 1 heterocycles. The number of hydrogen-bond acceptors (Lipinski definition) is 7. The van der Waals surface area contributed by atoms with Crippen LogP contribution < -0.4 is 15.4 Å². The molecule has 0 bridgehead atoms. The van der Waals surface area contributed by atoms with E-state index in [1.807, 2.05) is 60.7 Å². The largest absolute Gasteiger partial charge is 0.487 e. The van der Waals surface area contributed by atoms with Crippen LogP contribution in [0, 0.1) is 0 Å². The molecule has 0 radical (unpaired) electrons. The first-order chi connectivity index (χ1) is 16.6. The van der Waals surface area contributed by atoms with Crippen molar-refractivity contribution in [1.82, 2.24) is 0 Å². The summed E-state index contributed by atoms with van der Waals surface area (Å²) in [6.07, 6.45) is 0. The standard InChI is InChI=1S/C27H28N2O5/c1-20(28)27(30)32-17-16-31-25(26-19-34-26)18-33-24-14-12-23(13-15-24)29(21-8-4-2-5-9-21)22-10-6-3-7-11-22/h2-15,20H,16-19,28H2,1H3/b26-25+. The Bertz CT molecular complexity index is 1050. The van der Waals surface area contributed by atoms with Crippen LogP contribution in [0.1, 0.15) is 6.92 Å². The smallest absolute Gasteiger partial charge is 0.322 e. The Kier molecular flexibility index (Phi) is 7.67. The highest BCUT2D eigenvalue weighted by Crippen LogP contribution is 2.35. The summed E-state index contributed by atoms with van der Waals surface area (Å²) >= 11 is 0. The van der Waals surface area contributed by atoms with Crippen LogP contribution in [0.5, 0.6) is 5.75 Å². The predicted octanol–water partition coefficient (Wildman–Crippen LogP) is 4.68. The molecule has 1 atom stereocenters. The quantitative estimate of drug-likeness (QED) is 0.192. The van der Waals surface area contributed by atoms with Crippen molar-refractivity contribution in [2.75, 3.05) is 31.3 Å². The third kappa shape index (κ3) is 6.30. The van der Waals surface area contributed by atoms with Crippen LogP contribution in [-0.4, -0.2) is 38.4 Å². The SMILES string of the molecule is CC(N)C(=O)OCCO/C(COc1ccc(N(c2ccccc2)c2ccccc2)cc1)=C1\CO1. The zero-order valence-electron chi connectivity index (χ0n) is 19.1. The second-order valence-corrected chi connectivity index (χ2v) is 7.73. The number of carbonyl (C=O) groups excluding carboxylic acids is 1. The number of epoxide rings is 1. The number of rotatable bonds is 11. The van der Waals surface area contributed by atoms with Gasteiger partial charge in [-0.1, -0.05) is 36.4 Å². The fourth-order valence-corrected chi connectivity index (χ4v) is 3.28. The van der Waals surface area contributed by atoms with Gasteiger partial charge in [-0.2, -0.15) is 0 Å². The van der Waals surface area contributed by atoms with Gasteiger partial charge >= 0.3 is 5.97 Å². The normalized spacial score (nSPS) is 14.4. The van der Waals surface area contributed by atoms with Crippen molar-refractivity contribution in [1.29, 1.82) is 0 Å². The average Bonchev–Trinajstić information content (AvgIpc) is 3.71. The molecule has 0 aromatic heterocycles. The van der Waals surface area contributed by atoms with E-state index >= 15 is 0 Å². The maximum atomic E-state index is 11.4. The predicted molar refractivity (Wildman–Crippen MR) is 130 cm³/mol. The van der Waals surface area contributed by atoms with Gasteiger partial charge in [0, 0.05) is 17.1 Å². The Morgan fingerprint density at radius 2 is 1.41 bits per heavy atom. The molecule has 4 rings (SSSR count). The number of para-hydroxylation sites is 2. The van der Waals surface area contributed by atoms with E-state index in [2.05, 4.69) is 29.2 Å². The van der Waals surface area contributed by atoms with E-state index in [-0.39, 0.29) is 19.8 Å². The number of hydrogen-bond donors (Lipinski definition) is 1. The van der Waals surface area contributed by atoms with Crippen molar-refractivity contribution in [3.63, 3.8) is 0 Å². The highest BCUT2D eigenvalue weighted by atomic mass is 16.6. The number of ether oxygens (including phenoxy) is 4.